The SMILES string of the molecule is COc1c(C)cc(C(Cl)c2cc(Br)ccc2I)cc1C. The highest BCUT2D eigenvalue weighted by molar-refractivity contribution is 14.1. The van der Waals surface area contributed by atoms with Gasteiger partial charge in [0.1, 0.15) is 5.75 Å². The average molecular weight is 466 g/mol. The van der Waals surface area contributed by atoms with E-state index in [4.69, 9.17) is 16.3 Å². The molecule has 0 saturated carbocycles. The van der Waals surface area contributed by atoms with Crippen molar-refractivity contribution < 1.29 is 4.74 Å². The van der Waals surface area contributed by atoms with Crippen molar-refractivity contribution in [2.24, 2.45) is 0 Å². The van der Waals surface area contributed by atoms with Gasteiger partial charge in [0.15, 0.2) is 0 Å². The van der Waals surface area contributed by atoms with Crippen molar-refractivity contribution in [1.29, 1.82) is 0 Å². The first kappa shape index (κ1) is 16.1. The topological polar surface area (TPSA) is 9.23 Å². The van der Waals surface area contributed by atoms with E-state index in [9.17, 15) is 0 Å². The van der Waals surface area contributed by atoms with E-state index in [2.05, 4.69) is 62.8 Å². The maximum Gasteiger partial charge on any atom is 0.124 e. The molecule has 0 saturated heterocycles. The van der Waals surface area contributed by atoms with Crippen molar-refractivity contribution in [3.8, 4) is 5.75 Å². The monoisotopic (exact) mass is 464 g/mol. The van der Waals surface area contributed by atoms with Crippen molar-refractivity contribution in [2.45, 2.75) is 19.2 Å². The molecule has 0 heterocycles. The van der Waals surface area contributed by atoms with Crippen LogP contribution in [0, 0.1) is 17.4 Å². The number of alkyl halides is 1. The molecule has 1 nitrogen and oxygen atoms in total. The number of aryl methyl sites for hydroxylation is 2. The molecule has 2 rings (SSSR count). The molecule has 0 radical (unpaired) electrons. The molecule has 0 aliphatic carbocycles. The Hall–Kier alpha value is -0.260. The van der Waals surface area contributed by atoms with Gasteiger partial charge in [-0.2, -0.15) is 0 Å². The van der Waals surface area contributed by atoms with Crippen LogP contribution in [0.15, 0.2) is 34.8 Å². The van der Waals surface area contributed by atoms with Gasteiger partial charge in [0, 0.05) is 8.04 Å². The lowest BCUT2D eigenvalue weighted by atomic mass is 9.99. The quantitative estimate of drug-likeness (QED) is 0.399. The van der Waals surface area contributed by atoms with Crippen LogP contribution >= 0.6 is 50.1 Å². The zero-order valence-electron chi connectivity index (χ0n) is 11.5. The van der Waals surface area contributed by atoms with Gasteiger partial charge in [-0.05, 0) is 76.9 Å². The summed E-state index contributed by atoms with van der Waals surface area (Å²) in [5, 5.41) is -0.164. The van der Waals surface area contributed by atoms with Crippen LogP contribution in [0.1, 0.15) is 27.6 Å². The van der Waals surface area contributed by atoms with Crippen LogP contribution < -0.4 is 4.74 Å². The molecule has 0 aliphatic rings. The second-order valence-corrected chi connectivity index (χ2v) is 7.23. The van der Waals surface area contributed by atoms with E-state index in [-0.39, 0.29) is 5.38 Å². The third-order valence-electron chi connectivity index (χ3n) is 3.21. The number of hydrogen-bond acceptors (Lipinski definition) is 1. The highest BCUT2D eigenvalue weighted by Crippen LogP contribution is 2.36. The van der Waals surface area contributed by atoms with Crippen molar-refractivity contribution in [2.75, 3.05) is 7.11 Å². The molecule has 1 unspecified atom stereocenters. The van der Waals surface area contributed by atoms with Gasteiger partial charge in [0.2, 0.25) is 0 Å². The smallest absolute Gasteiger partial charge is 0.124 e. The average Bonchev–Trinajstić information content (AvgIpc) is 2.40. The first-order valence-corrected chi connectivity index (χ1v) is 8.49. The summed E-state index contributed by atoms with van der Waals surface area (Å²) in [6, 6.07) is 10.4. The molecule has 0 amide bonds. The van der Waals surface area contributed by atoms with Gasteiger partial charge in [-0.25, -0.2) is 0 Å². The zero-order chi connectivity index (χ0) is 14.9. The Morgan fingerprint density at radius 2 is 1.75 bits per heavy atom. The predicted molar refractivity (Wildman–Crippen MR) is 97.0 cm³/mol. The molecule has 0 spiro atoms. The third kappa shape index (κ3) is 3.31. The largest absolute Gasteiger partial charge is 0.496 e. The van der Waals surface area contributed by atoms with Crippen molar-refractivity contribution >= 4 is 50.1 Å². The van der Waals surface area contributed by atoms with Crippen LogP contribution in [0.2, 0.25) is 0 Å². The van der Waals surface area contributed by atoms with Crippen LogP contribution in [-0.4, -0.2) is 7.11 Å². The summed E-state index contributed by atoms with van der Waals surface area (Å²) in [5.41, 5.74) is 4.43. The number of rotatable bonds is 3. The molecule has 1 atom stereocenters. The standard InChI is InChI=1S/C16H15BrClIO/c1-9-6-11(7-10(2)16(9)20-3)15(18)13-8-12(17)4-5-14(13)19/h4-8,15H,1-3H3. The van der Waals surface area contributed by atoms with Gasteiger partial charge in [-0.15, -0.1) is 11.6 Å². The minimum Gasteiger partial charge on any atom is -0.496 e. The first-order chi connectivity index (χ1) is 9.43. The van der Waals surface area contributed by atoms with Crippen molar-refractivity contribution in [3.63, 3.8) is 0 Å². The van der Waals surface area contributed by atoms with E-state index < -0.39 is 0 Å². The van der Waals surface area contributed by atoms with Gasteiger partial charge >= 0.3 is 0 Å². The summed E-state index contributed by atoms with van der Waals surface area (Å²) in [6.45, 7) is 4.09. The van der Waals surface area contributed by atoms with Crippen LogP contribution in [-0.2, 0) is 0 Å². The molecular weight excluding hydrogens is 450 g/mol. The summed E-state index contributed by atoms with van der Waals surface area (Å²) < 4.78 is 7.61. The van der Waals surface area contributed by atoms with Crippen LogP contribution in [0.3, 0.4) is 0 Å². The molecule has 20 heavy (non-hydrogen) atoms. The lowest BCUT2D eigenvalue weighted by Crippen LogP contribution is -2.00. The highest BCUT2D eigenvalue weighted by atomic mass is 127. The van der Waals surface area contributed by atoms with E-state index >= 15 is 0 Å². The Morgan fingerprint density at radius 1 is 1.15 bits per heavy atom. The second-order valence-electron chi connectivity index (χ2n) is 4.72. The number of ether oxygens (including phenoxy) is 1. The summed E-state index contributed by atoms with van der Waals surface area (Å²) in [7, 11) is 1.70. The summed E-state index contributed by atoms with van der Waals surface area (Å²) in [6.07, 6.45) is 0. The molecule has 0 N–H and O–H groups in total. The van der Waals surface area contributed by atoms with Crippen LogP contribution in [0.5, 0.6) is 5.75 Å². The van der Waals surface area contributed by atoms with E-state index in [1.165, 1.54) is 0 Å². The third-order valence-corrected chi connectivity index (χ3v) is 5.17. The maximum atomic E-state index is 6.68. The fraction of sp³-hybridized carbons (Fsp3) is 0.250. The molecule has 0 aromatic heterocycles. The Balaban J connectivity index is 2.48. The molecule has 106 valence electrons. The normalized spacial score (nSPS) is 12.3. The predicted octanol–water partition coefficient (Wildman–Crippen LogP) is 6.01. The summed E-state index contributed by atoms with van der Waals surface area (Å²) in [5.74, 6) is 0.932. The number of halogens is 3. The summed E-state index contributed by atoms with van der Waals surface area (Å²) >= 11 is 12.5. The van der Waals surface area contributed by atoms with Crippen molar-refractivity contribution in [1.82, 2.24) is 0 Å². The lowest BCUT2D eigenvalue weighted by molar-refractivity contribution is 0.408. The Bertz CT molecular complexity index is 619. The van der Waals surface area contributed by atoms with E-state index in [1.807, 2.05) is 19.9 Å². The van der Waals surface area contributed by atoms with Crippen molar-refractivity contribution in [3.05, 3.63) is 60.6 Å². The fourth-order valence-electron chi connectivity index (χ4n) is 2.34. The Morgan fingerprint density at radius 3 is 2.30 bits per heavy atom. The molecule has 2 aromatic carbocycles. The Labute approximate surface area is 146 Å². The van der Waals surface area contributed by atoms with Gasteiger partial charge in [0.25, 0.3) is 0 Å². The van der Waals surface area contributed by atoms with Gasteiger partial charge in [0.05, 0.1) is 12.5 Å². The van der Waals surface area contributed by atoms with E-state index in [0.717, 1.165) is 36.0 Å². The Kier molecular flexibility index (Phi) is 5.37. The number of benzene rings is 2. The molecule has 0 fully saturated rings. The maximum absolute atomic E-state index is 6.68. The minimum atomic E-state index is -0.164. The molecule has 0 bridgehead atoms. The summed E-state index contributed by atoms with van der Waals surface area (Å²) in [4.78, 5) is 0. The minimum absolute atomic E-state index is 0.164. The van der Waals surface area contributed by atoms with Gasteiger partial charge in [-0.3, -0.25) is 0 Å². The molecule has 0 aliphatic heterocycles. The van der Waals surface area contributed by atoms with Gasteiger partial charge in [-0.1, -0.05) is 28.1 Å². The fourth-order valence-corrected chi connectivity index (χ4v) is 3.86. The molecular formula is C16H15BrClIO. The second kappa shape index (κ2) is 6.67. The first-order valence-electron chi connectivity index (χ1n) is 6.18. The molecule has 2 aromatic rings. The van der Waals surface area contributed by atoms with Crippen LogP contribution in [0.25, 0.3) is 0 Å². The lowest BCUT2D eigenvalue weighted by Gasteiger charge is -2.16. The zero-order valence-corrected chi connectivity index (χ0v) is 16.0. The number of methoxy groups -OCH3 is 1. The highest BCUT2D eigenvalue weighted by Gasteiger charge is 2.17. The number of hydrogen-bond donors (Lipinski definition) is 0. The van der Waals surface area contributed by atoms with Gasteiger partial charge < -0.3 is 4.74 Å². The van der Waals surface area contributed by atoms with Crippen LogP contribution in [0.4, 0.5) is 0 Å². The van der Waals surface area contributed by atoms with E-state index in [1.54, 1.807) is 7.11 Å². The molecule has 4 heteroatoms. The van der Waals surface area contributed by atoms with E-state index in [0.29, 0.717) is 0 Å².